The number of carbonyl (C=O) groups excluding carboxylic acids is 1. The first-order chi connectivity index (χ1) is 7.54. The van der Waals surface area contributed by atoms with Gasteiger partial charge in [0, 0.05) is 41.9 Å². The summed E-state index contributed by atoms with van der Waals surface area (Å²) in [5.74, 6) is 1.67. The summed E-state index contributed by atoms with van der Waals surface area (Å²) in [6.45, 7) is 4.61. The molecule has 16 heavy (non-hydrogen) atoms. The van der Waals surface area contributed by atoms with E-state index in [1.165, 1.54) is 0 Å². The normalized spacial score (nSPS) is 27.4. The van der Waals surface area contributed by atoms with Crippen molar-refractivity contribution in [3.05, 3.63) is 0 Å². The van der Waals surface area contributed by atoms with Crippen LogP contribution in [0.15, 0.2) is 0 Å². The van der Waals surface area contributed by atoms with E-state index in [9.17, 15) is 9.00 Å². The fourth-order valence-electron chi connectivity index (χ4n) is 1.87. The van der Waals surface area contributed by atoms with Crippen LogP contribution in [0.1, 0.15) is 26.7 Å². The molecule has 1 amide bonds. The van der Waals surface area contributed by atoms with Crippen LogP contribution in [-0.4, -0.2) is 52.2 Å². The Balaban J connectivity index is 2.36. The molecule has 0 aromatic rings. The zero-order chi connectivity index (χ0) is 12.1. The smallest absolute Gasteiger partial charge is 0.239 e. The predicted molar refractivity (Wildman–Crippen MR) is 66.8 cm³/mol. The van der Waals surface area contributed by atoms with E-state index in [0.717, 1.165) is 30.9 Å². The summed E-state index contributed by atoms with van der Waals surface area (Å²) in [5, 5.41) is 3.33. The molecule has 1 rings (SSSR count). The average molecular weight is 246 g/mol. The molecule has 0 aromatic carbocycles. The van der Waals surface area contributed by atoms with E-state index < -0.39 is 10.8 Å². The van der Waals surface area contributed by atoms with Crippen LogP contribution in [0.25, 0.3) is 0 Å². The van der Waals surface area contributed by atoms with Crippen molar-refractivity contribution in [2.75, 3.05) is 25.1 Å². The summed E-state index contributed by atoms with van der Waals surface area (Å²) < 4.78 is 11.2. The maximum absolute atomic E-state index is 11.8. The van der Waals surface area contributed by atoms with Crippen molar-refractivity contribution in [2.45, 2.75) is 38.8 Å². The highest BCUT2D eigenvalue weighted by atomic mass is 32.2. The first kappa shape index (κ1) is 13.6. The molecule has 1 aliphatic rings. The lowest BCUT2D eigenvalue weighted by Gasteiger charge is -2.27. The lowest BCUT2D eigenvalue weighted by Crippen LogP contribution is -2.48. The van der Waals surface area contributed by atoms with Crippen LogP contribution in [-0.2, 0) is 15.6 Å². The van der Waals surface area contributed by atoms with Crippen molar-refractivity contribution in [3.63, 3.8) is 0 Å². The quantitative estimate of drug-likeness (QED) is 0.779. The van der Waals surface area contributed by atoms with Gasteiger partial charge in [0.1, 0.15) is 0 Å². The molecule has 0 spiro atoms. The largest absolute Gasteiger partial charge is 0.345 e. The number of hydrogen-bond donors (Lipinski definition) is 1. The van der Waals surface area contributed by atoms with E-state index in [2.05, 4.69) is 5.32 Å². The van der Waals surface area contributed by atoms with Gasteiger partial charge in [-0.25, -0.2) is 0 Å². The summed E-state index contributed by atoms with van der Waals surface area (Å²) in [6, 6.07) is 0.211. The highest BCUT2D eigenvalue weighted by Gasteiger charge is 2.23. The molecule has 1 fully saturated rings. The maximum atomic E-state index is 11.8. The van der Waals surface area contributed by atoms with Gasteiger partial charge in [0.15, 0.2) is 0 Å². The molecule has 1 saturated heterocycles. The molecule has 1 unspecified atom stereocenters. The Morgan fingerprint density at radius 1 is 1.50 bits per heavy atom. The second-order valence-electron chi connectivity index (χ2n) is 4.36. The first-order valence-electron chi connectivity index (χ1n) is 5.90. The lowest BCUT2D eigenvalue weighted by atomic mass is 10.1. The fourth-order valence-corrected chi connectivity index (χ4v) is 3.17. The molecule has 0 bridgehead atoms. The molecule has 4 nitrogen and oxygen atoms in total. The van der Waals surface area contributed by atoms with Gasteiger partial charge in [-0.05, 0) is 26.7 Å². The third-order valence-electron chi connectivity index (χ3n) is 3.09. The third-order valence-corrected chi connectivity index (χ3v) is 4.48. The highest BCUT2D eigenvalue weighted by molar-refractivity contribution is 7.85. The van der Waals surface area contributed by atoms with Crippen molar-refractivity contribution in [1.29, 1.82) is 0 Å². The number of amides is 1. The fraction of sp³-hybridized carbons (Fsp3) is 0.909. The van der Waals surface area contributed by atoms with Crippen molar-refractivity contribution in [1.82, 2.24) is 10.2 Å². The number of nitrogens with one attached hydrogen (secondary N) is 1. The lowest BCUT2D eigenvalue weighted by molar-refractivity contribution is -0.131. The molecule has 0 aliphatic carbocycles. The summed E-state index contributed by atoms with van der Waals surface area (Å²) in [6.07, 6.45) is 1.83. The van der Waals surface area contributed by atoms with Gasteiger partial charge in [0.25, 0.3) is 0 Å². The van der Waals surface area contributed by atoms with Crippen LogP contribution in [0, 0.1) is 0 Å². The Morgan fingerprint density at radius 3 is 2.56 bits per heavy atom. The first-order valence-corrected chi connectivity index (χ1v) is 7.39. The molecule has 1 N–H and O–H groups in total. The minimum Gasteiger partial charge on any atom is -0.345 e. The van der Waals surface area contributed by atoms with Crippen LogP contribution in [0.5, 0.6) is 0 Å². The topological polar surface area (TPSA) is 49.4 Å². The van der Waals surface area contributed by atoms with E-state index in [4.69, 9.17) is 0 Å². The summed E-state index contributed by atoms with van der Waals surface area (Å²) >= 11 is 0. The zero-order valence-corrected chi connectivity index (χ0v) is 11.2. The van der Waals surface area contributed by atoms with Crippen LogP contribution in [0.4, 0.5) is 0 Å². The van der Waals surface area contributed by atoms with E-state index >= 15 is 0 Å². The van der Waals surface area contributed by atoms with Crippen molar-refractivity contribution < 1.29 is 9.00 Å². The second-order valence-corrected chi connectivity index (χ2v) is 6.06. The number of nitrogens with zero attached hydrogens (tertiary/aromatic N) is 1. The predicted octanol–water partition coefficient (Wildman–Crippen LogP) is 0.354. The Kier molecular flexibility index (Phi) is 5.41. The Labute approximate surface area is 100 Å². The molecule has 1 aliphatic heterocycles. The molecule has 1 heterocycles. The summed E-state index contributed by atoms with van der Waals surface area (Å²) in [5.41, 5.74) is 0. The van der Waals surface area contributed by atoms with Gasteiger partial charge >= 0.3 is 0 Å². The summed E-state index contributed by atoms with van der Waals surface area (Å²) in [4.78, 5) is 13.5. The van der Waals surface area contributed by atoms with Crippen LogP contribution in [0.3, 0.4) is 0 Å². The Morgan fingerprint density at radius 2 is 2.06 bits per heavy atom. The van der Waals surface area contributed by atoms with E-state index in [1.807, 2.05) is 20.9 Å². The minimum atomic E-state index is -0.632. The van der Waals surface area contributed by atoms with Gasteiger partial charge in [-0.15, -0.1) is 0 Å². The number of rotatable bonds is 4. The van der Waals surface area contributed by atoms with Crippen LogP contribution >= 0.6 is 0 Å². The SMILES string of the molecule is CCN(C)C(=O)C(C)NC1CCS(=O)CC1. The molecule has 0 saturated carbocycles. The third kappa shape index (κ3) is 3.87. The van der Waals surface area contributed by atoms with Crippen molar-refractivity contribution in [3.8, 4) is 0 Å². The number of likely N-dealkylation sites (N-methyl/N-ethyl adjacent to an activating group) is 1. The van der Waals surface area contributed by atoms with E-state index in [-0.39, 0.29) is 11.9 Å². The van der Waals surface area contributed by atoms with E-state index in [0.29, 0.717) is 6.04 Å². The summed E-state index contributed by atoms with van der Waals surface area (Å²) in [7, 11) is 1.18. The van der Waals surface area contributed by atoms with Gasteiger partial charge in [-0.2, -0.15) is 0 Å². The average Bonchev–Trinajstić information content (AvgIpc) is 2.30. The van der Waals surface area contributed by atoms with Crippen LogP contribution < -0.4 is 5.32 Å². The van der Waals surface area contributed by atoms with Gasteiger partial charge in [-0.1, -0.05) is 0 Å². The van der Waals surface area contributed by atoms with Gasteiger partial charge in [-0.3, -0.25) is 9.00 Å². The molecule has 0 aromatic heterocycles. The zero-order valence-electron chi connectivity index (χ0n) is 10.4. The van der Waals surface area contributed by atoms with Gasteiger partial charge in [0.05, 0.1) is 6.04 Å². The molecule has 0 radical (unpaired) electrons. The van der Waals surface area contributed by atoms with E-state index in [1.54, 1.807) is 4.90 Å². The Hall–Kier alpha value is -0.420. The molecule has 1 atom stereocenters. The maximum Gasteiger partial charge on any atom is 0.239 e. The molecular formula is C11H22N2O2S. The number of carbonyl (C=O) groups is 1. The van der Waals surface area contributed by atoms with Crippen molar-refractivity contribution in [2.24, 2.45) is 0 Å². The van der Waals surface area contributed by atoms with Gasteiger partial charge in [0.2, 0.25) is 5.91 Å². The monoisotopic (exact) mass is 246 g/mol. The van der Waals surface area contributed by atoms with Crippen molar-refractivity contribution >= 4 is 16.7 Å². The number of hydrogen-bond acceptors (Lipinski definition) is 3. The molecule has 94 valence electrons. The standard InChI is InChI=1S/C11H22N2O2S/c1-4-13(3)11(14)9(2)12-10-5-7-16(15)8-6-10/h9-10,12H,4-8H2,1-3H3. The van der Waals surface area contributed by atoms with Crippen LogP contribution in [0.2, 0.25) is 0 Å². The Bertz CT molecular complexity index is 261. The molecule has 5 heteroatoms. The molecular weight excluding hydrogens is 224 g/mol. The minimum absolute atomic E-state index is 0.134. The second kappa shape index (κ2) is 6.35. The van der Waals surface area contributed by atoms with Gasteiger partial charge < -0.3 is 10.2 Å². The highest BCUT2D eigenvalue weighted by Crippen LogP contribution is 2.10.